The summed E-state index contributed by atoms with van der Waals surface area (Å²) in [5.74, 6) is -1.57. The van der Waals surface area contributed by atoms with Gasteiger partial charge in [0, 0.05) is 25.1 Å². The lowest BCUT2D eigenvalue weighted by molar-refractivity contribution is -0.132. The second kappa shape index (κ2) is 8.28. The lowest BCUT2D eigenvalue weighted by atomic mass is 9.81. The molecule has 1 aliphatic carbocycles. The number of benzene rings is 1. The molecule has 0 atom stereocenters. The minimum Gasteiger partial charge on any atom is -0.486 e. The van der Waals surface area contributed by atoms with Gasteiger partial charge in [0.25, 0.3) is 6.43 Å². The summed E-state index contributed by atoms with van der Waals surface area (Å²) in [6, 6.07) is 2.85. The molecule has 0 spiro atoms. The molecule has 1 saturated heterocycles. The van der Waals surface area contributed by atoms with Gasteiger partial charge < -0.3 is 14.8 Å². The maximum absolute atomic E-state index is 13.3. The summed E-state index contributed by atoms with van der Waals surface area (Å²) in [6.45, 7) is -2.59. The van der Waals surface area contributed by atoms with Crippen LogP contribution >= 0.6 is 0 Å². The first-order valence-corrected chi connectivity index (χ1v) is 8.52. The van der Waals surface area contributed by atoms with E-state index in [9.17, 15) is 26.7 Å². The molecule has 2 fully saturated rings. The molecule has 1 saturated carbocycles. The number of likely N-dealkylation sites (tertiary alicyclic amines) is 1. The van der Waals surface area contributed by atoms with E-state index in [1.165, 1.54) is 0 Å². The average molecular weight is 394 g/mol. The van der Waals surface area contributed by atoms with Crippen molar-refractivity contribution in [2.75, 3.05) is 19.6 Å². The number of hydrogen-bond acceptors (Lipinski definition) is 4. The monoisotopic (exact) mass is 394 g/mol. The third kappa shape index (κ3) is 5.21. The Labute approximate surface area is 152 Å². The van der Waals surface area contributed by atoms with Crippen LogP contribution in [0.15, 0.2) is 18.2 Å². The van der Waals surface area contributed by atoms with E-state index < -0.39 is 25.0 Å². The van der Waals surface area contributed by atoms with Crippen molar-refractivity contribution in [3.8, 4) is 11.5 Å². The Kier molecular flexibility index (Phi) is 6.03. The smallest absolute Gasteiger partial charge is 0.387 e. The summed E-state index contributed by atoms with van der Waals surface area (Å²) in [6.07, 6.45) is -2.11. The van der Waals surface area contributed by atoms with Crippen molar-refractivity contribution in [2.45, 2.75) is 38.0 Å². The molecule has 1 heterocycles. The van der Waals surface area contributed by atoms with Crippen LogP contribution in [0.1, 0.15) is 12.8 Å². The van der Waals surface area contributed by atoms with E-state index in [0.29, 0.717) is 25.9 Å². The zero-order valence-electron chi connectivity index (χ0n) is 14.2. The number of nitrogens with zero attached hydrogens (tertiary/aromatic N) is 1. The molecule has 1 aromatic carbocycles. The highest BCUT2D eigenvalue weighted by molar-refractivity contribution is 5.80. The number of ether oxygens (including phenoxy) is 2. The Bertz CT molecular complexity index is 664. The predicted octanol–water partition coefficient (Wildman–Crippen LogP) is 2.65. The molecular formula is C17H19F5N2O3. The first kappa shape index (κ1) is 19.7. The van der Waals surface area contributed by atoms with Gasteiger partial charge in [-0.05, 0) is 25.0 Å². The number of nitrogens with one attached hydrogen (secondary N) is 1. The van der Waals surface area contributed by atoms with Crippen LogP contribution in [0.5, 0.6) is 11.5 Å². The topological polar surface area (TPSA) is 50.8 Å². The zero-order valence-corrected chi connectivity index (χ0v) is 14.2. The molecule has 2 aliphatic rings. The molecule has 0 unspecified atom stereocenters. The highest BCUT2D eigenvalue weighted by atomic mass is 19.3. The van der Waals surface area contributed by atoms with Crippen LogP contribution in [0.2, 0.25) is 0 Å². The molecule has 1 aromatic rings. The van der Waals surface area contributed by atoms with Crippen LogP contribution in [-0.2, 0) is 4.79 Å². The molecule has 1 N–H and O–H groups in total. The third-order valence-electron chi connectivity index (χ3n) is 4.58. The summed E-state index contributed by atoms with van der Waals surface area (Å²) < 4.78 is 72.3. The van der Waals surface area contributed by atoms with Crippen LogP contribution in [0, 0.1) is 11.7 Å². The van der Waals surface area contributed by atoms with Gasteiger partial charge in [0.05, 0.1) is 12.6 Å². The van der Waals surface area contributed by atoms with Crippen LogP contribution in [0.4, 0.5) is 22.0 Å². The van der Waals surface area contributed by atoms with Gasteiger partial charge in [-0.1, -0.05) is 0 Å². The van der Waals surface area contributed by atoms with E-state index in [0.717, 1.165) is 18.2 Å². The van der Waals surface area contributed by atoms with Crippen molar-refractivity contribution in [1.29, 1.82) is 0 Å². The standard InChI is InChI=1S/C17H19F5N2O3/c18-10-1-2-13(27-17(21)22)14(5-10)26-12-3-9(4-12)16(25)23-11-6-24(7-11)8-15(19)20/h1-2,5,9,11-12,15,17H,3-4,6-8H2,(H,23,25). The second-order valence-corrected chi connectivity index (χ2v) is 6.69. The number of carbonyl (C=O) groups excluding carboxylic acids is 1. The Morgan fingerprint density at radius 3 is 2.52 bits per heavy atom. The van der Waals surface area contributed by atoms with Crippen LogP contribution in [0.25, 0.3) is 0 Å². The lowest BCUT2D eigenvalue weighted by Crippen LogP contribution is -2.61. The van der Waals surface area contributed by atoms with E-state index in [2.05, 4.69) is 10.1 Å². The average Bonchev–Trinajstić information content (AvgIpc) is 2.49. The van der Waals surface area contributed by atoms with Gasteiger partial charge >= 0.3 is 6.61 Å². The van der Waals surface area contributed by atoms with Crippen LogP contribution in [0.3, 0.4) is 0 Å². The number of carbonyl (C=O) groups is 1. The molecule has 27 heavy (non-hydrogen) atoms. The first-order valence-electron chi connectivity index (χ1n) is 8.52. The van der Waals surface area contributed by atoms with Crippen molar-refractivity contribution in [1.82, 2.24) is 10.2 Å². The molecule has 0 bridgehead atoms. The van der Waals surface area contributed by atoms with Gasteiger partial charge in [0.1, 0.15) is 11.9 Å². The van der Waals surface area contributed by atoms with Gasteiger partial charge in [-0.3, -0.25) is 9.69 Å². The SMILES string of the molecule is O=C(NC1CN(CC(F)F)C1)C1CC(Oc2cc(F)ccc2OC(F)F)C1. The summed E-state index contributed by atoms with van der Waals surface area (Å²) in [5.41, 5.74) is 0. The minimum absolute atomic E-state index is 0.138. The van der Waals surface area contributed by atoms with Gasteiger partial charge in [0.15, 0.2) is 11.5 Å². The Morgan fingerprint density at radius 1 is 1.19 bits per heavy atom. The summed E-state index contributed by atoms with van der Waals surface area (Å²) in [4.78, 5) is 13.7. The fraction of sp³-hybridized carbons (Fsp3) is 0.588. The maximum atomic E-state index is 13.3. The van der Waals surface area contributed by atoms with Crippen molar-refractivity contribution in [2.24, 2.45) is 5.92 Å². The maximum Gasteiger partial charge on any atom is 0.387 e. The normalized spacial score (nSPS) is 23.1. The Morgan fingerprint density at radius 2 is 1.89 bits per heavy atom. The van der Waals surface area contributed by atoms with Gasteiger partial charge in [0.2, 0.25) is 5.91 Å². The molecule has 150 valence electrons. The number of rotatable bonds is 8. The van der Waals surface area contributed by atoms with Crippen molar-refractivity contribution in [3.63, 3.8) is 0 Å². The first-order chi connectivity index (χ1) is 12.8. The summed E-state index contributed by atoms with van der Waals surface area (Å²) >= 11 is 0. The molecule has 0 radical (unpaired) electrons. The molecule has 1 aliphatic heterocycles. The Balaban J connectivity index is 1.42. The predicted molar refractivity (Wildman–Crippen MR) is 84.5 cm³/mol. The molecule has 10 heteroatoms. The van der Waals surface area contributed by atoms with E-state index >= 15 is 0 Å². The van der Waals surface area contributed by atoms with Crippen molar-refractivity contribution in [3.05, 3.63) is 24.0 Å². The van der Waals surface area contributed by atoms with Crippen molar-refractivity contribution < 1.29 is 36.2 Å². The molecular weight excluding hydrogens is 375 g/mol. The largest absolute Gasteiger partial charge is 0.486 e. The fourth-order valence-corrected chi connectivity index (χ4v) is 3.15. The highest BCUT2D eigenvalue weighted by Gasteiger charge is 2.39. The van der Waals surface area contributed by atoms with Crippen molar-refractivity contribution >= 4 is 5.91 Å². The molecule has 5 nitrogen and oxygen atoms in total. The fourth-order valence-electron chi connectivity index (χ4n) is 3.15. The summed E-state index contributed by atoms with van der Waals surface area (Å²) in [7, 11) is 0. The van der Waals surface area contributed by atoms with Gasteiger partial charge in [-0.15, -0.1) is 0 Å². The van der Waals surface area contributed by atoms with E-state index in [-0.39, 0.29) is 35.9 Å². The highest BCUT2D eigenvalue weighted by Crippen LogP contribution is 2.36. The lowest BCUT2D eigenvalue weighted by Gasteiger charge is -2.41. The molecule has 3 rings (SSSR count). The Hall–Kier alpha value is -2.10. The second-order valence-electron chi connectivity index (χ2n) is 6.69. The number of alkyl halides is 4. The third-order valence-corrected chi connectivity index (χ3v) is 4.58. The minimum atomic E-state index is -3.06. The number of halogens is 5. The van der Waals surface area contributed by atoms with Crippen LogP contribution in [-0.4, -0.2) is 55.6 Å². The van der Waals surface area contributed by atoms with Gasteiger partial charge in [-0.25, -0.2) is 13.2 Å². The van der Waals surface area contributed by atoms with E-state index in [1.807, 2.05) is 0 Å². The molecule has 1 amide bonds. The summed E-state index contributed by atoms with van der Waals surface area (Å²) in [5, 5.41) is 2.79. The van der Waals surface area contributed by atoms with E-state index in [4.69, 9.17) is 4.74 Å². The number of amides is 1. The number of hydrogen-bond donors (Lipinski definition) is 1. The molecule has 0 aromatic heterocycles. The zero-order chi connectivity index (χ0) is 19.6. The van der Waals surface area contributed by atoms with Crippen LogP contribution < -0.4 is 14.8 Å². The van der Waals surface area contributed by atoms with Gasteiger partial charge in [-0.2, -0.15) is 8.78 Å². The quantitative estimate of drug-likeness (QED) is 0.689. The van der Waals surface area contributed by atoms with E-state index in [1.54, 1.807) is 4.90 Å².